The van der Waals surface area contributed by atoms with Gasteiger partial charge in [-0.1, -0.05) is 115 Å². The van der Waals surface area contributed by atoms with Gasteiger partial charge in [-0.2, -0.15) is 0 Å². The lowest BCUT2D eigenvalue weighted by Gasteiger charge is -2.48. The number of nitrogens with zero attached hydrogens (tertiary/aromatic N) is 2. The van der Waals surface area contributed by atoms with Gasteiger partial charge >= 0.3 is 0 Å². The third-order valence-corrected chi connectivity index (χ3v) is 18.7. The van der Waals surface area contributed by atoms with E-state index in [9.17, 15) is 0 Å². The molecule has 0 aromatic carbocycles. The highest BCUT2D eigenvalue weighted by molar-refractivity contribution is 5.03. The van der Waals surface area contributed by atoms with E-state index >= 15 is 0 Å². The Bertz CT molecular complexity index is 1040. The van der Waals surface area contributed by atoms with Crippen LogP contribution in [0.1, 0.15) is 232 Å². The second-order valence-electron chi connectivity index (χ2n) is 22.4. The summed E-state index contributed by atoms with van der Waals surface area (Å²) in [7, 11) is 0. The molecule has 2 nitrogen and oxygen atoms in total. The molecule has 0 amide bonds. The maximum Gasteiger partial charge on any atom is 0.0102 e. The standard InChI is InChI=1S/C54H92N2/c1-41-39-45(25-23-43-27-33-51(34-28-43)55(47-15-7-3-8-16-47)48-17-9-4-10-18-48)31-37-53(41)54-38-32-46(40-42(54)2)26-24-44-29-35-52(36-30-44)56(49-19-11-5-12-20-49)50-21-13-6-14-22-50/h23-26,41-54H,3-22,27-40H2,1-2H3. The molecule has 8 rings (SSSR count). The summed E-state index contributed by atoms with van der Waals surface area (Å²) in [6, 6.07) is 5.44. The van der Waals surface area contributed by atoms with Gasteiger partial charge in [-0.05, 0) is 189 Å². The second-order valence-corrected chi connectivity index (χ2v) is 22.4. The van der Waals surface area contributed by atoms with Gasteiger partial charge in [0, 0.05) is 36.3 Å². The minimum atomic E-state index is 0.849. The molecular formula is C54H92N2. The zero-order valence-electron chi connectivity index (χ0n) is 37.3. The van der Waals surface area contributed by atoms with E-state index in [-0.39, 0.29) is 0 Å². The third kappa shape index (κ3) is 11.0. The van der Waals surface area contributed by atoms with Crippen LogP contribution in [0.25, 0.3) is 0 Å². The van der Waals surface area contributed by atoms with Crippen molar-refractivity contribution >= 4 is 0 Å². The Kier molecular flexibility index (Phi) is 16.0. The molecule has 0 saturated heterocycles. The van der Waals surface area contributed by atoms with Gasteiger partial charge in [0.15, 0.2) is 0 Å². The normalized spacial score (nSPS) is 39.9. The van der Waals surface area contributed by atoms with E-state index < -0.39 is 0 Å². The number of rotatable bonds is 11. The fraction of sp³-hybridized carbons (Fsp3) is 0.926. The summed E-state index contributed by atoms with van der Waals surface area (Å²) >= 11 is 0. The molecule has 0 aromatic rings. The van der Waals surface area contributed by atoms with Gasteiger partial charge in [-0.15, -0.1) is 0 Å². The summed E-state index contributed by atoms with van der Waals surface area (Å²) in [6.45, 7) is 5.30. The Morgan fingerprint density at radius 2 is 0.518 bits per heavy atom. The predicted octanol–water partition coefficient (Wildman–Crippen LogP) is 15.3. The SMILES string of the molecule is CC1CC(C=CC2CCC(N(C3CCCCC3)C3CCCCC3)CC2)CCC1C1CCC(C=CC2CCC(N(C3CCCCC3)C3CCCCC3)CC2)CC1C. The molecule has 56 heavy (non-hydrogen) atoms. The highest BCUT2D eigenvalue weighted by Crippen LogP contribution is 2.48. The molecule has 0 radical (unpaired) electrons. The van der Waals surface area contributed by atoms with Gasteiger partial charge in [0.25, 0.3) is 0 Å². The first-order chi connectivity index (χ1) is 27.6. The van der Waals surface area contributed by atoms with Crippen LogP contribution in [-0.4, -0.2) is 46.1 Å². The van der Waals surface area contributed by atoms with Gasteiger partial charge in [0.05, 0.1) is 0 Å². The van der Waals surface area contributed by atoms with Crippen molar-refractivity contribution in [3.8, 4) is 0 Å². The largest absolute Gasteiger partial charge is 0.294 e. The molecule has 0 spiro atoms. The van der Waals surface area contributed by atoms with Gasteiger partial charge < -0.3 is 0 Å². The summed E-state index contributed by atoms with van der Waals surface area (Å²) < 4.78 is 0. The monoisotopic (exact) mass is 769 g/mol. The van der Waals surface area contributed by atoms with Crippen molar-refractivity contribution in [2.75, 3.05) is 0 Å². The van der Waals surface area contributed by atoms with E-state index in [0.29, 0.717) is 0 Å². The van der Waals surface area contributed by atoms with Crippen molar-refractivity contribution in [2.24, 2.45) is 47.3 Å². The summed E-state index contributed by atoms with van der Waals surface area (Å²) in [4.78, 5) is 6.33. The van der Waals surface area contributed by atoms with Gasteiger partial charge in [-0.25, -0.2) is 0 Å². The molecular weight excluding hydrogens is 677 g/mol. The number of hydrogen-bond acceptors (Lipinski definition) is 2. The van der Waals surface area contributed by atoms with Crippen LogP contribution in [0.2, 0.25) is 0 Å². The molecule has 6 atom stereocenters. The maximum absolute atomic E-state index is 3.17. The van der Waals surface area contributed by atoms with E-state index in [1.807, 2.05) is 0 Å². The fourth-order valence-electron chi connectivity index (χ4n) is 15.7. The summed E-state index contributed by atoms with van der Waals surface area (Å²) in [5.41, 5.74) is 0. The van der Waals surface area contributed by atoms with Crippen molar-refractivity contribution in [1.29, 1.82) is 0 Å². The molecule has 0 aromatic heterocycles. The molecule has 0 bridgehead atoms. The molecule has 8 saturated carbocycles. The van der Waals surface area contributed by atoms with E-state index in [1.54, 1.807) is 0 Å². The Morgan fingerprint density at radius 3 is 0.804 bits per heavy atom. The van der Waals surface area contributed by atoms with Crippen molar-refractivity contribution < 1.29 is 0 Å². The quantitative estimate of drug-likeness (QED) is 0.193. The van der Waals surface area contributed by atoms with Crippen molar-refractivity contribution in [3.63, 3.8) is 0 Å². The van der Waals surface area contributed by atoms with Crippen LogP contribution in [0.15, 0.2) is 24.3 Å². The lowest BCUT2D eigenvalue weighted by atomic mass is 9.61. The molecule has 8 fully saturated rings. The zero-order valence-corrected chi connectivity index (χ0v) is 37.3. The zero-order chi connectivity index (χ0) is 38.1. The van der Waals surface area contributed by atoms with Gasteiger partial charge in [-0.3, -0.25) is 9.80 Å². The molecule has 0 aliphatic heterocycles. The first-order valence-electron chi connectivity index (χ1n) is 26.5. The molecule has 6 unspecified atom stereocenters. The van der Waals surface area contributed by atoms with E-state index in [4.69, 9.17) is 0 Å². The smallest absolute Gasteiger partial charge is 0.0102 e. The topological polar surface area (TPSA) is 6.48 Å². The Hall–Kier alpha value is -0.600. The van der Waals surface area contributed by atoms with Crippen LogP contribution in [-0.2, 0) is 0 Å². The van der Waals surface area contributed by atoms with Crippen LogP contribution in [0.3, 0.4) is 0 Å². The van der Waals surface area contributed by atoms with Gasteiger partial charge in [0.1, 0.15) is 0 Å². The lowest BCUT2D eigenvalue weighted by molar-refractivity contribution is 0.0181. The summed E-state index contributed by atoms with van der Waals surface area (Å²) in [5, 5.41) is 0. The third-order valence-electron chi connectivity index (χ3n) is 18.7. The Balaban J connectivity index is 0.753. The maximum atomic E-state index is 3.17. The van der Waals surface area contributed by atoms with Crippen molar-refractivity contribution in [1.82, 2.24) is 9.80 Å². The Labute approximate surface area is 348 Å². The second kappa shape index (κ2) is 21.3. The van der Waals surface area contributed by atoms with Crippen LogP contribution in [0.5, 0.6) is 0 Å². The van der Waals surface area contributed by atoms with Crippen LogP contribution in [0.4, 0.5) is 0 Å². The number of hydrogen-bond donors (Lipinski definition) is 0. The number of allylic oxidation sites excluding steroid dienone is 4. The minimum Gasteiger partial charge on any atom is -0.294 e. The van der Waals surface area contributed by atoms with E-state index in [1.165, 1.54) is 218 Å². The average Bonchev–Trinajstić information content (AvgIpc) is 3.25. The minimum absolute atomic E-state index is 0.849. The van der Waals surface area contributed by atoms with E-state index in [2.05, 4.69) is 48.0 Å². The van der Waals surface area contributed by atoms with Crippen LogP contribution >= 0.6 is 0 Å². The predicted molar refractivity (Wildman–Crippen MR) is 241 cm³/mol. The fourth-order valence-corrected chi connectivity index (χ4v) is 15.7. The molecule has 8 aliphatic rings. The molecule has 318 valence electrons. The van der Waals surface area contributed by atoms with Crippen molar-refractivity contribution in [3.05, 3.63) is 24.3 Å². The molecule has 8 aliphatic carbocycles. The average molecular weight is 769 g/mol. The first-order valence-corrected chi connectivity index (χ1v) is 26.5. The molecule has 2 heteroatoms. The van der Waals surface area contributed by atoms with E-state index in [0.717, 1.165) is 83.6 Å². The lowest BCUT2D eigenvalue weighted by Crippen LogP contribution is -2.51. The van der Waals surface area contributed by atoms with Crippen LogP contribution in [0, 0.1) is 47.3 Å². The summed E-state index contributed by atoms with van der Waals surface area (Å²) in [6.07, 6.45) is 61.4. The highest BCUT2D eigenvalue weighted by atomic mass is 15.2. The van der Waals surface area contributed by atoms with Crippen molar-refractivity contribution in [2.45, 2.75) is 268 Å². The first kappa shape index (κ1) is 42.1. The summed E-state index contributed by atoms with van der Waals surface area (Å²) in [5.74, 6) is 7.18. The van der Waals surface area contributed by atoms with Gasteiger partial charge in [0.2, 0.25) is 0 Å². The highest BCUT2D eigenvalue weighted by Gasteiger charge is 2.40. The Morgan fingerprint density at radius 1 is 0.268 bits per heavy atom. The van der Waals surface area contributed by atoms with Crippen LogP contribution < -0.4 is 0 Å². The molecule has 0 heterocycles. The molecule has 0 N–H and O–H groups in total.